The summed E-state index contributed by atoms with van der Waals surface area (Å²) in [5, 5.41) is 9.05. The number of halogens is 3. The molecule has 1 heterocycles. The average Bonchev–Trinajstić information content (AvgIpc) is 3.21. The Morgan fingerprint density at radius 1 is 1.26 bits per heavy atom. The topological polar surface area (TPSA) is 70.1 Å². The summed E-state index contributed by atoms with van der Waals surface area (Å²) < 4.78 is 44.9. The van der Waals surface area contributed by atoms with Crippen LogP contribution in [0.2, 0.25) is 0 Å². The van der Waals surface area contributed by atoms with Crippen molar-refractivity contribution in [1.29, 1.82) is 0 Å². The van der Waals surface area contributed by atoms with Crippen LogP contribution in [0, 0.1) is 5.92 Å². The van der Waals surface area contributed by atoms with E-state index in [1.807, 2.05) is 0 Å². The Morgan fingerprint density at radius 2 is 1.97 bits per heavy atom. The van der Waals surface area contributed by atoms with Crippen molar-refractivity contribution in [2.24, 2.45) is 5.92 Å². The molecule has 1 aromatic carbocycles. The van der Waals surface area contributed by atoms with Crippen LogP contribution in [-0.2, 0) is 16.2 Å². The number of carbonyl (C=O) groups is 2. The number of alkyl halides is 3. The van der Waals surface area contributed by atoms with Gasteiger partial charge in [-0.25, -0.2) is 0 Å². The van der Waals surface area contributed by atoms with Crippen LogP contribution in [0.25, 0.3) is 0 Å². The van der Waals surface area contributed by atoms with Gasteiger partial charge in [-0.3, -0.25) is 9.59 Å². The van der Waals surface area contributed by atoms with Gasteiger partial charge in [-0.1, -0.05) is 24.3 Å². The van der Waals surface area contributed by atoms with Crippen molar-refractivity contribution in [1.82, 2.24) is 9.80 Å². The normalized spacial score (nSPS) is 21.1. The third-order valence-electron chi connectivity index (χ3n) is 5.48. The van der Waals surface area contributed by atoms with Gasteiger partial charge in [0.15, 0.2) is 6.61 Å². The first kappa shape index (κ1) is 22.9. The minimum Gasteiger partial charge on any atom is -0.484 e. The molecule has 0 spiro atoms. The van der Waals surface area contributed by atoms with Gasteiger partial charge in [-0.2, -0.15) is 13.2 Å². The zero-order valence-electron chi connectivity index (χ0n) is 17.1. The number of carbonyl (C=O) groups excluding carboxylic acids is 2. The summed E-state index contributed by atoms with van der Waals surface area (Å²) >= 11 is 0. The summed E-state index contributed by atoms with van der Waals surface area (Å²) in [6.45, 7) is 1.68. The van der Waals surface area contributed by atoms with Crippen molar-refractivity contribution < 1.29 is 32.6 Å². The first-order valence-electron chi connectivity index (χ1n) is 10.0. The zero-order valence-corrected chi connectivity index (χ0v) is 17.1. The molecule has 1 aromatic rings. The van der Waals surface area contributed by atoms with Gasteiger partial charge in [0.25, 0.3) is 5.91 Å². The lowest BCUT2D eigenvalue weighted by Crippen LogP contribution is -2.43. The van der Waals surface area contributed by atoms with Crippen LogP contribution < -0.4 is 4.74 Å². The highest BCUT2D eigenvalue weighted by atomic mass is 19.4. The van der Waals surface area contributed by atoms with E-state index in [4.69, 9.17) is 9.84 Å². The molecule has 2 amide bonds. The third kappa shape index (κ3) is 5.66. The number of rotatable bonds is 6. The predicted octanol–water partition coefficient (Wildman–Crippen LogP) is 3.03. The van der Waals surface area contributed by atoms with Crippen LogP contribution in [-0.4, -0.2) is 58.6 Å². The van der Waals surface area contributed by atoms with E-state index in [1.165, 1.54) is 24.0 Å². The third-order valence-corrected chi connectivity index (χ3v) is 5.48. The predicted molar refractivity (Wildman–Crippen MR) is 107 cm³/mol. The molecule has 2 atom stereocenters. The largest absolute Gasteiger partial charge is 0.484 e. The molecule has 0 radical (unpaired) electrons. The van der Waals surface area contributed by atoms with E-state index < -0.39 is 12.1 Å². The fraction of sp³-hybridized carbons (Fsp3) is 0.455. The second-order valence-corrected chi connectivity index (χ2v) is 7.66. The molecule has 1 aliphatic heterocycles. The molecule has 0 saturated carbocycles. The number of hydrogen-bond acceptors (Lipinski definition) is 4. The Hall–Kier alpha value is -2.81. The molecule has 1 saturated heterocycles. The molecule has 0 aromatic heterocycles. The first-order valence-corrected chi connectivity index (χ1v) is 10.0. The van der Waals surface area contributed by atoms with Crippen molar-refractivity contribution in [3.63, 3.8) is 0 Å². The number of likely N-dealkylation sites (tertiary alicyclic amines) is 1. The number of aliphatic hydroxyl groups excluding tert-OH is 1. The van der Waals surface area contributed by atoms with Gasteiger partial charge in [0, 0.05) is 32.1 Å². The molecular formula is C22H25F3N2O4. The molecule has 1 N–H and O–H groups in total. The van der Waals surface area contributed by atoms with Gasteiger partial charge in [0.05, 0.1) is 18.6 Å². The minimum absolute atomic E-state index is 0.0863. The smallest absolute Gasteiger partial charge is 0.395 e. The zero-order chi connectivity index (χ0) is 22.6. The van der Waals surface area contributed by atoms with Gasteiger partial charge < -0.3 is 19.6 Å². The van der Waals surface area contributed by atoms with Gasteiger partial charge in [-0.05, 0) is 30.2 Å². The van der Waals surface area contributed by atoms with Crippen LogP contribution in [0.4, 0.5) is 13.2 Å². The fourth-order valence-corrected chi connectivity index (χ4v) is 3.87. The maximum atomic E-state index is 13.1. The minimum atomic E-state index is -4.37. The summed E-state index contributed by atoms with van der Waals surface area (Å²) in [6, 6.07) is 6.32. The van der Waals surface area contributed by atoms with E-state index in [0.717, 1.165) is 11.6 Å². The molecular weight excluding hydrogens is 413 g/mol. The Morgan fingerprint density at radius 3 is 2.58 bits per heavy atom. The number of amides is 2. The van der Waals surface area contributed by atoms with Crippen molar-refractivity contribution >= 4 is 11.8 Å². The molecule has 1 aliphatic carbocycles. The van der Waals surface area contributed by atoms with Crippen molar-refractivity contribution in [2.75, 3.05) is 19.7 Å². The van der Waals surface area contributed by atoms with E-state index in [1.54, 1.807) is 29.2 Å². The molecule has 3 rings (SSSR count). The molecule has 2 aliphatic rings. The van der Waals surface area contributed by atoms with E-state index >= 15 is 0 Å². The lowest BCUT2D eigenvalue weighted by Gasteiger charge is -2.33. The number of benzene rings is 1. The van der Waals surface area contributed by atoms with Gasteiger partial charge in [-0.15, -0.1) is 0 Å². The molecule has 9 heteroatoms. The van der Waals surface area contributed by atoms with Crippen LogP contribution in [0.15, 0.2) is 48.2 Å². The molecule has 168 valence electrons. The molecule has 6 nitrogen and oxygen atoms in total. The van der Waals surface area contributed by atoms with Crippen molar-refractivity contribution in [2.45, 2.75) is 38.6 Å². The van der Waals surface area contributed by atoms with Gasteiger partial charge >= 0.3 is 6.18 Å². The maximum Gasteiger partial charge on any atom is 0.395 e. The summed E-state index contributed by atoms with van der Waals surface area (Å²) in [6.07, 6.45) is -0.223. The fourth-order valence-electron chi connectivity index (χ4n) is 3.87. The number of ether oxygens (including phenoxy) is 1. The standard InChI is InChI=1S/C22H25F3N2O4/c1-15(29)27(18-4-2-3-17(11-18)22(23,24)25)19-9-10-26(12-19)21(30)14-31-20-7-5-16(13-28)6-8-20/h2-8,17,19,28H,9-14H2,1H3. The highest BCUT2D eigenvalue weighted by Crippen LogP contribution is 2.36. The Bertz CT molecular complexity index is 865. The monoisotopic (exact) mass is 438 g/mol. The summed E-state index contributed by atoms with van der Waals surface area (Å²) in [5.74, 6) is -1.74. The Balaban J connectivity index is 1.59. The first-order chi connectivity index (χ1) is 14.7. The second-order valence-electron chi connectivity index (χ2n) is 7.66. The SMILES string of the molecule is CC(=O)N(C1=CC=CC(C(F)(F)F)C1)C1CCN(C(=O)COc2ccc(CO)cc2)C1. The summed E-state index contributed by atoms with van der Waals surface area (Å²) in [4.78, 5) is 27.7. The van der Waals surface area contributed by atoms with Crippen LogP contribution >= 0.6 is 0 Å². The summed E-state index contributed by atoms with van der Waals surface area (Å²) in [7, 11) is 0. The van der Waals surface area contributed by atoms with Gasteiger partial charge in [0.2, 0.25) is 5.91 Å². The van der Waals surface area contributed by atoms with Crippen molar-refractivity contribution in [3.05, 3.63) is 53.8 Å². The molecule has 0 bridgehead atoms. The number of aliphatic hydroxyl groups is 1. The molecule has 1 fully saturated rings. The maximum absolute atomic E-state index is 13.1. The second kappa shape index (κ2) is 9.55. The Kier molecular flexibility index (Phi) is 7.04. The quantitative estimate of drug-likeness (QED) is 0.741. The van der Waals surface area contributed by atoms with E-state index in [9.17, 15) is 22.8 Å². The van der Waals surface area contributed by atoms with Crippen molar-refractivity contribution in [3.8, 4) is 5.75 Å². The van der Waals surface area contributed by atoms with Crippen LogP contribution in [0.1, 0.15) is 25.3 Å². The van der Waals surface area contributed by atoms with E-state index in [0.29, 0.717) is 24.4 Å². The number of nitrogens with zero attached hydrogens (tertiary/aromatic N) is 2. The molecule has 31 heavy (non-hydrogen) atoms. The summed E-state index contributed by atoms with van der Waals surface area (Å²) in [5.41, 5.74) is 1.04. The lowest BCUT2D eigenvalue weighted by atomic mass is 9.96. The van der Waals surface area contributed by atoms with Crippen LogP contribution in [0.5, 0.6) is 5.75 Å². The number of hydrogen-bond donors (Lipinski definition) is 1. The van der Waals surface area contributed by atoms with E-state index in [2.05, 4.69) is 0 Å². The van der Waals surface area contributed by atoms with E-state index in [-0.39, 0.29) is 44.0 Å². The van der Waals surface area contributed by atoms with Crippen LogP contribution in [0.3, 0.4) is 0 Å². The Labute approximate surface area is 178 Å². The highest BCUT2D eigenvalue weighted by Gasteiger charge is 2.41. The highest BCUT2D eigenvalue weighted by molar-refractivity contribution is 5.79. The van der Waals surface area contributed by atoms with Gasteiger partial charge in [0.1, 0.15) is 5.75 Å². The average molecular weight is 438 g/mol. The number of allylic oxidation sites excluding steroid dienone is 4. The lowest BCUT2D eigenvalue weighted by molar-refractivity contribution is -0.162. The molecule has 2 unspecified atom stereocenters.